The van der Waals surface area contributed by atoms with Crippen molar-refractivity contribution in [3.63, 3.8) is 0 Å². The number of aldehydes is 1. The number of carbonyl (C=O) groups is 1. The van der Waals surface area contributed by atoms with Crippen LogP contribution in [0, 0.1) is 6.92 Å². The number of halogens is 1. The van der Waals surface area contributed by atoms with E-state index in [9.17, 15) is 4.79 Å². The Hall–Kier alpha value is -1.22. The van der Waals surface area contributed by atoms with Gasteiger partial charge in [-0.2, -0.15) is 0 Å². The molecule has 0 aliphatic carbocycles. The maximum absolute atomic E-state index is 10.3. The molecule has 0 saturated heterocycles. The number of benzene rings is 1. The maximum Gasteiger partial charge on any atom is 0.231 e. The average Bonchev–Trinajstić information content (AvgIpc) is 2.69. The van der Waals surface area contributed by atoms with Crippen LogP contribution in [0.15, 0.2) is 6.07 Å². The Labute approximate surface area is 92.9 Å². The van der Waals surface area contributed by atoms with Crippen LogP contribution >= 0.6 is 11.6 Å². The Kier molecular flexibility index (Phi) is 2.82. The molecule has 1 aliphatic heterocycles. The Morgan fingerprint density at radius 3 is 3.07 bits per heavy atom. The van der Waals surface area contributed by atoms with Gasteiger partial charge in [-0.3, -0.25) is 0 Å². The summed E-state index contributed by atoms with van der Waals surface area (Å²) in [5, 5.41) is 0.589. The van der Waals surface area contributed by atoms with E-state index < -0.39 is 0 Å². The fraction of sp³-hybridized carbons (Fsp3) is 0.364. The first-order valence-electron chi connectivity index (χ1n) is 4.75. The molecule has 0 N–H and O–H groups in total. The van der Waals surface area contributed by atoms with Gasteiger partial charge in [-0.1, -0.05) is 11.6 Å². The predicted molar refractivity (Wildman–Crippen MR) is 56.7 cm³/mol. The molecule has 0 atom stereocenters. The van der Waals surface area contributed by atoms with Crippen LogP contribution in [0.3, 0.4) is 0 Å². The van der Waals surface area contributed by atoms with E-state index in [1.807, 2.05) is 13.0 Å². The van der Waals surface area contributed by atoms with Crippen molar-refractivity contribution in [2.45, 2.75) is 19.8 Å². The van der Waals surface area contributed by atoms with Crippen molar-refractivity contribution in [2.24, 2.45) is 0 Å². The largest absolute Gasteiger partial charge is 0.454 e. The molecule has 0 fully saturated rings. The summed E-state index contributed by atoms with van der Waals surface area (Å²) in [5.74, 6) is 1.29. The normalized spacial score (nSPS) is 12.9. The molecule has 2 rings (SSSR count). The van der Waals surface area contributed by atoms with Gasteiger partial charge in [0.1, 0.15) is 6.29 Å². The van der Waals surface area contributed by atoms with E-state index in [2.05, 4.69) is 0 Å². The Morgan fingerprint density at radius 2 is 2.33 bits per heavy atom. The molecule has 15 heavy (non-hydrogen) atoms. The van der Waals surface area contributed by atoms with Gasteiger partial charge in [0.05, 0.1) is 5.02 Å². The Balaban J connectivity index is 2.39. The number of carbonyl (C=O) groups excluding carboxylic acids is 1. The summed E-state index contributed by atoms with van der Waals surface area (Å²) in [5.41, 5.74) is 2.00. The third kappa shape index (κ3) is 1.79. The Morgan fingerprint density at radius 1 is 1.53 bits per heavy atom. The zero-order valence-corrected chi connectivity index (χ0v) is 9.13. The van der Waals surface area contributed by atoms with Crippen molar-refractivity contribution in [2.75, 3.05) is 6.79 Å². The molecule has 0 aromatic heterocycles. The summed E-state index contributed by atoms with van der Waals surface area (Å²) in [6.45, 7) is 2.13. The number of aryl methyl sites for hydroxylation is 1. The molecule has 0 unspecified atom stereocenters. The first kappa shape index (κ1) is 10.3. The number of fused-ring (bicyclic) bond motifs is 1. The fourth-order valence-corrected chi connectivity index (χ4v) is 1.89. The van der Waals surface area contributed by atoms with E-state index in [-0.39, 0.29) is 6.79 Å². The molecular weight excluding hydrogens is 216 g/mol. The minimum atomic E-state index is 0.214. The van der Waals surface area contributed by atoms with E-state index in [1.165, 1.54) is 0 Å². The van der Waals surface area contributed by atoms with Gasteiger partial charge in [0.25, 0.3) is 0 Å². The van der Waals surface area contributed by atoms with Crippen LogP contribution in [-0.2, 0) is 11.2 Å². The van der Waals surface area contributed by atoms with Gasteiger partial charge in [0.15, 0.2) is 11.5 Å². The molecular formula is C11H11ClO3. The van der Waals surface area contributed by atoms with Gasteiger partial charge in [-0.15, -0.1) is 0 Å². The second kappa shape index (κ2) is 4.11. The minimum absolute atomic E-state index is 0.214. The summed E-state index contributed by atoms with van der Waals surface area (Å²) in [6.07, 6.45) is 2.08. The lowest BCUT2D eigenvalue weighted by Gasteiger charge is -2.08. The fourth-order valence-electron chi connectivity index (χ4n) is 1.62. The predicted octanol–water partition coefficient (Wildman–Crippen LogP) is 2.51. The highest BCUT2D eigenvalue weighted by molar-refractivity contribution is 6.33. The van der Waals surface area contributed by atoms with Gasteiger partial charge in [-0.25, -0.2) is 0 Å². The third-order valence-corrected chi connectivity index (χ3v) is 2.94. The molecule has 80 valence electrons. The number of ether oxygens (including phenoxy) is 2. The molecule has 3 nitrogen and oxygen atoms in total. The topological polar surface area (TPSA) is 35.5 Å². The maximum atomic E-state index is 10.3. The lowest BCUT2D eigenvalue weighted by molar-refractivity contribution is -0.107. The highest BCUT2D eigenvalue weighted by atomic mass is 35.5. The van der Waals surface area contributed by atoms with Gasteiger partial charge < -0.3 is 14.3 Å². The standard InChI is InChI=1S/C11H11ClO3/c1-7-8(3-2-4-13)5-9-11(10(7)12)15-6-14-9/h4-5H,2-3,6H2,1H3. The molecule has 0 bridgehead atoms. The molecule has 0 saturated carbocycles. The SMILES string of the molecule is Cc1c(CCC=O)cc2c(c1Cl)OCO2. The first-order valence-corrected chi connectivity index (χ1v) is 5.13. The van der Waals surface area contributed by atoms with Crippen LogP contribution in [0.4, 0.5) is 0 Å². The zero-order valence-electron chi connectivity index (χ0n) is 8.38. The van der Waals surface area contributed by atoms with Crippen LogP contribution in [-0.4, -0.2) is 13.1 Å². The summed E-state index contributed by atoms with van der Waals surface area (Å²) >= 11 is 6.13. The lowest BCUT2D eigenvalue weighted by Crippen LogP contribution is -1.93. The second-order valence-corrected chi connectivity index (χ2v) is 3.79. The molecule has 1 aromatic carbocycles. The quantitative estimate of drug-likeness (QED) is 0.743. The summed E-state index contributed by atoms with van der Waals surface area (Å²) in [6, 6.07) is 1.90. The van der Waals surface area contributed by atoms with E-state index >= 15 is 0 Å². The molecule has 1 aromatic rings. The molecule has 4 heteroatoms. The highest BCUT2D eigenvalue weighted by Gasteiger charge is 2.20. The average molecular weight is 227 g/mol. The Bertz CT molecular complexity index is 401. The van der Waals surface area contributed by atoms with Crippen LogP contribution in [0.25, 0.3) is 0 Å². The van der Waals surface area contributed by atoms with Gasteiger partial charge >= 0.3 is 0 Å². The van der Waals surface area contributed by atoms with Crippen molar-refractivity contribution < 1.29 is 14.3 Å². The van der Waals surface area contributed by atoms with Crippen molar-refractivity contribution in [3.05, 3.63) is 22.2 Å². The smallest absolute Gasteiger partial charge is 0.231 e. The molecule has 0 radical (unpaired) electrons. The van der Waals surface area contributed by atoms with Crippen LogP contribution in [0.1, 0.15) is 17.5 Å². The van der Waals surface area contributed by atoms with E-state index in [4.69, 9.17) is 21.1 Å². The van der Waals surface area contributed by atoms with Crippen LogP contribution < -0.4 is 9.47 Å². The van der Waals surface area contributed by atoms with Crippen LogP contribution in [0.5, 0.6) is 11.5 Å². The summed E-state index contributed by atoms with van der Waals surface area (Å²) < 4.78 is 10.5. The molecule has 1 aliphatic rings. The molecule has 1 heterocycles. The summed E-state index contributed by atoms with van der Waals surface area (Å²) in [4.78, 5) is 10.3. The summed E-state index contributed by atoms with van der Waals surface area (Å²) in [7, 11) is 0. The van der Waals surface area contributed by atoms with Crippen molar-refractivity contribution in [3.8, 4) is 11.5 Å². The van der Waals surface area contributed by atoms with E-state index in [0.29, 0.717) is 29.4 Å². The van der Waals surface area contributed by atoms with Gasteiger partial charge in [0.2, 0.25) is 6.79 Å². The van der Waals surface area contributed by atoms with Crippen molar-refractivity contribution >= 4 is 17.9 Å². The highest BCUT2D eigenvalue weighted by Crippen LogP contribution is 2.42. The third-order valence-electron chi connectivity index (χ3n) is 2.49. The van der Waals surface area contributed by atoms with Crippen LogP contribution in [0.2, 0.25) is 5.02 Å². The number of hydrogen-bond acceptors (Lipinski definition) is 3. The molecule has 0 spiro atoms. The minimum Gasteiger partial charge on any atom is -0.454 e. The number of hydrogen-bond donors (Lipinski definition) is 0. The monoisotopic (exact) mass is 226 g/mol. The van der Waals surface area contributed by atoms with Gasteiger partial charge in [-0.05, 0) is 30.5 Å². The van der Waals surface area contributed by atoms with E-state index in [0.717, 1.165) is 17.4 Å². The zero-order chi connectivity index (χ0) is 10.8. The van der Waals surface area contributed by atoms with Crippen molar-refractivity contribution in [1.29, 1.82) is 0 Å². The van der Waals surface area contributed by atoms with Gasteiger partial charge in [0, 0.05) is 6.42 Å². The second-order valence-electron chi connectivity index (χ2n) is 3.41. The van der Waals surface area contributed by atoms with E-state index in [1.54, 1.807) is 0 Å². The first-order chi connectivity index (χ1) is 7.24. The number of rotatable bonds is 3. The molecule has 0 amide bonds. The lowest BCUT2D eigenvalue weighted by atomic mass is 10.0. The van der Waals surface area contributed by atoms with Crippen molar-refractivity contribution in [1.82, 2.24) is 0 Å².